The van der Waals surface area contributed by atoms with E-state index in [1.165, 1.54) is 5.56 Å². The quantitative estimate of drug-likeness (QED) is 0.763. The summed E-state index contributed by atoms with van der Waals surface area (Å²) >= 11 is 0. The third-order valence-corrected chi connectivity index (χ3v) is 2.85. The van der Waals surface area contributed by atoms with Crippen LogP contribution in [0.25, 0.3) is 0 Å². The van der Waals surface area contributed by atoms with Crippen LogP contribution in [0.1, 0.15) is 49.8 Å². The van der Waals surface area contributed by atoms with E-state index in [1.807, 2.05) is 0 Å². The molecule has 1 aromatic carbocycles. The molecule has 0 aromatic heterocycles. The Hall–Kier alpha value is -1.35. The average Bonchev–Trinajstić information content (AvgIpc) is 2.30. The minimum absolute atomic E-state index is 0.0509. The standard InChI is InChI=1S/C14H21NO2/c1-2-4-11-7-9-12(10-8-11)13(15)5-3-6-14(16)17/h7-10,13H,2-6,15H2,1H3,(H,16,17). The van der Waals surface area contributed by atoms with Gasteiger partial charge in [0, 0.05) is 12.5 Å². The predicted molar refractivity (Wildman–Crippen MR) is 68.9 cm³/mol. The van der Waals surface area contributed by atoms with Crippen LogP contribution in [0.5, 0.6) is 0 Å². The zero-order chi connectivity index (χ0) is 12.7. The number of benzene rings is 1. The van der Waals surface area contributed by atoms with E-state index in [1.54, 1.807) is 0 Å². The summed E-state index contributed by atoms with van der Waals surface area (Å²) in [5.41, 5.74) is 8.43. The van der Waals surface area contributed by atoms with Gasteiger partial charge >= 0.3 is 5.97 Å². The topological polar surface area (TPSA) is 63.3 Å². The number of nitrogens with two attached hydrogens (primary N) is 1. The second kappa shape index (κ2) is 7.07. The van der Waals surface area contributed by atoms with Gasteiger partial charge in [0.25, 0.3) is 0 Å². The van der Waals surface area contributed by atoms with Crippen molar-refractivity contribution in [3.8, 4) is 0 Å². The van der Waals surface area contributed by atoms with Gasteiger partial charge in [0.15, 0.2) is 0 Å². The number of rotatable bonds is 7. The molecule has 0 aliphatic carbocycles. The molecular formula is C14H21NO2. The summed E-state index contributed by atoms with van der Waals surface area (Å²) in [6.07, 6.45) is 3.78. The number of carboxylic acids is 1. The maximum atomic E-state index is 10.4. The maximum Gasteiger partial charge on any atom is 0.303 e. The van der Waals surface area contributed by atoms with E-state index in [4.69, 9.17) is 10.8 Å². The second-order valence-electron chi connectivity index (χ2n) is 4.38. The molecule has 1 atom stereocenters. The van der Waals surface area contributed by atoms with E-state index < -0.39 is 5.97 Å². The van der Waals surface area contributed by atoms with Crippen LogP contribution < -0.4 is 5.73 Å². The molecule has 0 fully saturated rings. The lowest BCUT2D eigenvalue weighted by atomic mass is 9.99. The lowest BCUT2D eigenvalue weighted by Crippen LogP contribution is -2.10. The van der Waals surface area contributed by atoms with Gasteiger partial charge in [0.05, 0.1) is 0 Å². The van der Waals surface area contributed by atoms with E-state index in [-0.39, 0.29) is 12.5 Å². The van der Waals surface area contributed by atoms with E-state index in [0.717, 1.165) is 24.8 Å². The van der Waals surface area contributed by atoms with Crippen molar-refractivity contribution in [2.24, 2.45) is 5.73 Å². The summed E-state index contributed by atoms with van der Waals surface area (Å²) < 4.78 is 0. The van der Waals surface area contributed by atoms with Crippen LogP contribution in [-0.2, 0) is 11.2 Å². The first-order valence-electron chi connectivity index (χ1n) is 6.19. The zero-order valence-electron chi connectivity index (χ0n) is 10.4. The molecule has 0 heterocycles. The summed E-state index contributed by atoms with van der Waals surface area (Å²) in [6.45, 7) is 2.16. The predicted octanol–water partition coefficient (Wildman–Crippen LogP) is 2.89. The fraction of sp³-hybridized carbons (Fsp3) is 0.500. The van der Waals surface area contributed by atoms with Crippen molar-refractivity contribution in [2.75, 3.05) is 0 Å². The summed E-state index contributed by atoms with van der Waals surface area (Å²) in [6, 6.07) is 8.27. The van der Waals surface area contributed by atoms with Crippen LogP contribution in [0.15, 0.2) is 24.3 Å². The van der Waals surface area contributed by atoms with Gasteiger partial charge in [-0.3, -0.25) is 4.79 Å². The maximum absolute atomic E-state index is 10.4. The Morgan fingerprint density at radius 2 is 2.00 bits per heavy atom. The van der Waals surface area contributed by atoms with Crippen LogP contribution in [0.3, 0.4) is 0 Å². The minimum Gasteiger partial charge on any atom is -0.481 e. The average molecular weight is 235 g/mol. The normalized spacial score (nSPS) is 12.4. The molecule has 0 saturated carbocycles. The molecule has 1 rings (SSSR count). The molecule has 1 unspecified atom stereocenters. The van der Waals surface area contributed by atoms with Crippen LogP contribution in [0.4, 0.5) is 0 Å². The number of aryl methyl sites for hydroxylation is 1. The molecule has 0 spiro atoms. The highest BCUT2D eigenvalue weighted by molar-refractivity contribution is 5.66. The van der Waals surface area contributed by atoms with Crippen molar-refractivity contribution in [2.45, 2.75) is 45.1 Å². The molecule has 94 valence electrons. The Bertz CT molecular complexity index is 346. The van der Waals surface area contributed by atoms with Crippen molar-refractivity contribution in [3.63, 3.8) is 0 Å². The largest absolute Gasteiger partial charge is 0.481 e. The number of carboxylic acid groups (broad SMARTS) is 1. The highest BCUT2D eigenvalue weighted by Gasteiger charge is 2.07. The number of hydrogen-bond acceptors (Lipinski definition) is 2. The fourth-order valence-corrected chi connectivity index (χ4v) is 1.86. The summed E-state index contributed by atoms with van der Waals surface area (Å²) in [4.78, 5) is 10.4. The van der Waals surface area contributed by atoms with Crippen molar-refractivity contribution >= 4 is 5.97 Å². The molecule has 3 heteroatoms. The zero-order valence-corrected chi connectivity index (χ0v) is 10.4. The van der Waals surface area contributed by atoms with Gasteiger partial charge < -0.3 is 10.8 Å². The van der Waals surface area contributed by atoms with Crippen LogP contribution >= 0.6 is 0 Å². The second-order valence-corrected chi connectivity index (χ2v) is 4.38. The molecule has 1 aromatic rings. The lowest BCUT2D eigenvalue weighted by molar-refractivity contribution is -0.137. The molecule has 17 heavy (non-hydrogen) atoms. The molecule has 0 radical (unpaired) electrons. The van der Waals surface area contributed by atoms with Gasteiger partial charge in [-0.1, -0.05) is 37.6 Å². The molecule has 0 saturated heterocycles. The first-order chi connectivity index (χ1) is 8.13. The Morgan fingerprint density at radius 1 is 1.35 bits per heavy atom. The summed E-state index contributed by atoms with van der Waals surface area (Å²) in [5.74, 6) is -0.754. The van der Waals surface area contributed by atoms with Crippen LogP contribution in [0, 0.1) is 0 Å². The Morgan fingerprint density at radius 3 is 2.53 bits per heavy atom. The van der Waals surface area contributed by atoms with E-state index in [0.29, 0.717) is 6.42 Å². The molecule has 0 amide bonds. The molecule has 0 aliphatic rings. The van der Waals surface area contributed by atoms with Crippen molar-refractivity contribution in [1.82, 2.24) is 0 Å². The van der Waals surface area contributed by atoms with Crippen molar-refractivity contribution in [1.29, 1.82) is 0 Å². The smallest absolute Gasteiger partial charge is 0.303 e. The Kier molecular flexibility index (Phi) is 5.70. The fourth-order valence-electron chi connectivity index (χ4n) is 1.86. The van der Waals surface area contributed by atoms with Gasteiger partial charge in [-0.05, 0) is 30.4 Å². The minimum atomic E-state index is -0.754. The van der Waals surface area contributed by atoms with Gasteiger partial charge in [-0.25, -0.2) is 0 Å². The van der Waals surface area contributed by atoms with Gasteiger partial charge in [-0.2, -0.15) is 0 Å². The van der Waals surface area contributed by atoms with Crippen LogP contribution in [0.2, 0.25) is 0 Å². The highest BCUT2D eigenvalue weighted by Crippen LogP contribution is 2.17. The lowest BCUT2D eigenvalue weighted by Gasteiger charge is -2.11. The molecular weight excluding hydrogens is 214 g/mol. The molecule has 3 nitrogen and oxygen atoms in total. The number of aliphatic carboxylic acids is 1. The number of hydrogen-bond donors (Lipinski definition) is 2. The van der Waals surface area contributed by atoms with Gasteiger partial charge in [0.2, 0.25) is 0 Å². The highest BCUT2D eigenvalue weighted by atomic mass is 16.4. The molecule has 0 aliphatic heterocycles. The van der Waals surface area contributed by atoms with E-state index in [2.05, 4.69) is 31.2 Å². The van der Waals surface area contributed by atoms with Gasteiger partial charge in [0.1, 0.15) is 0 Å². The third kappa shape index (κ3) is 5.00. The first kappa shape index (κ1) is 13.7. The molecule has 0 bridgehead atoms. The monoisotopic (exact) mass is 235 g/mol. The third-order valence-electron chi connectivity index (χ3n) is 2.85. The van der Waals surface area contributed by atoms with Crippen molar-refractivity contribution in [3.05, 3.63) is 35.4 Å². The first-order valence-corrected chi connectivity index (χ1v) is 6.19. The van der Waals surface area contributed by atoms with Crippen molar-refractivity contribution < 1.29 is 9.90 Å². The van der Waals surface area contributed by atoms with Gasteiger partial charge in [-0.15, -0.1) is 0 Å². The molecule has 3 N–H and O–H groups in total. The SMILES string of the molecule is CCCc1ccc(C(N)CCCC(=O)O)cc1. The Balaban J connectivity index is 2.45. The summed E-state index contributed by atoms with van der Waals surface area (Å²) in [5, 5.41) is 8.55. The summed E-state index contributed by atoms with van der Waals surface area (Å²) in [7, 11) is 0. The number of carbonyl (C=O) groups is 1. The van der Waals surface area contributed by atoms with E-state index >= 15 is 0 Å². The van der Waals surface area contributed by atoms with E-state index in [9.17, 15) is 4.79 Å². The Labute approximate surface area is 103 Å². The van der Waals surface area contributed by atoms with Crippen LogP contribution in [-0.4, -0.2) is 11.1 Å².